The molecule has 0 saturated carbocycles. The number of carbonyl (C=O) groups excluding carboxylic acids is 2. The fourth-order valence-electron chi connectivity index (χ4n) is 2.48. The lowest BCUT2D eigenvalue weighted by atomic mass is 10.2. The van der Waals surface area contributed by atoms with Crippen LogP contribution in [0.15, 0.2) is 35.1 Å². The van der Waals surface area contributed by atoms with Crippen LogP contribution in [0.3, 0.4) is 0 Å². The van der Waals surface area contributed by atoms with Crippen molar-refractivity contribution in [2.24, 2.45) is 0 Å². The molecule has 0 saturated heterocycles. The molecule has 134 valence electrons. The maximum atomic E-state index is 12.9. The number of hydrogen-bond acceptors (Lipinski definition) is 5. The Balaban J connectivity index is 2.67. The third kappa shape index (κ3) is 3.73. The van der Waals surface area contributed by atoms with Gasteiger partial charge in [-0.2, -0.15) is 4.68 Å². The van der Waals surface area contributed by atoms with Gasteiger partial charge in [-0.15, -0.1) is 0 Å². The number of carbonyl (C=O) groups is 2. The van der Waals surface area contributed by atoms with Gasteiger partial charge in [0.05, 0.1) is 24.6 Å². The number of rotatable bonds is 6. The van der Waals surface area contributed by atoms with E-state index in [-0.39, 0.29) is 18.9 Å². The van der Waals surface area contributed by atoms with Gasteiger partial charge in [-0.25, -0.2) is 19.8 Å². The molecule has 25 heavy (non-hydrogen) atoms. The number of hydrogen-bond donors (Lipinski definition) is 1. The summed E-state index contributed by atoms with van der Waals surface area (Å²) >= 11 is 0. The number of benzene rings is 1. The lowest BCUT2D eigenvalue weighted by molar-refractivity contribution is 0.0514. The Bertz CT molecular complexity index is 808. The van der Waals surface area contributed by atoms with Gasteiger partial charge in [0.25, 0.3) is 0 Å². The van der Waals surface area contributed by atoms with Crippen LogP contribution in [0.2, 0.25) is 0 Å². The number of nitrogens with one attached hydrogen (secondary N) is 1. The topological polar surface area (TPSA) is 91.6 Å². The fraction of sp³-hybridized carbons (Fsp3) is 0.353. The van der Waals surface area contributed by atoms with Crippen molar-refractivity contribution in [2.75, 3.05) is 18.6 Å². The highest BCUT2D eigenvalue weighted by Gasteiger charge is 2.27. The summed E-state index contributed by atoms with van der Waals surface area (Å²) in [7, 11) is 0. The molecule has 1 aromatic heterocycles. The first-order valence-corrected chi connectivity index (χ1v) is 8.08. The van der Waals surface area contributed by atoms with Crippen LogP contribution in [-0.2, 0) is 15.9 Å². The molecule has 1 N–H and O–H groups in total. The number of aromatic nitrogens is 2. The molecule has 0 aliphatic rings. The van der Waals surface area contributed by atoms with Crippen molar-refractivity contribution < 1.29 is 19.1 Å². The molecular weight excluding hydrogens is 326 g/mol. The molecule has 1 aromatic carbocycles. The smallest absolute Gasteiger partial charge is 0.426 e. The highest BCUT2D eigenvalue weighted by atomic mass is 16.6. The first kappa shape index (κ1) is 18.3. The van der Waals surface area contributed by atoms with Crippen molar-refractivity contribution in [1.29, 1.82) is 0 Å². The van der Waals surface area contributed by atoms with Gasteiger partial charge in [-0.3, -0.25) is 4.57 Å². The summed E-state index contributed by atoms with van der Waals surface area (Å²) in [6.07, 6.45) is -0.446. The van der Waals surface area contributed by atoms with Gasteiger partial charge in [-0.05, 0) is 32.4 Å². The molecule has 0 radical (unpaired) electrons. The highest BCUT2D eigenvalue weighted by Crippen LogP contribution is 2.15. The number of ether oxygens (including phenoxy) is 2. The van der Waals surface area contributed by atoms with E-state index in [9.17, 15) is 14.4 Å². The Hall–Kier alpha value is -3.03. The van der Waals surface area contributed by atoms with E-state index in [1.807, 2.05) is 13.0 Å². The average molecular weight is 347 g/mol. The molecule has 0 atom stereocenters. The van der Waals surface area contributed by atoms with Crippen molar-refractivity contribution >= 4 is 12.1 Å². The third-order valence-corrected chi connectivity index (χ3v) is 3.45. The molecule has 0 aliphatic heterocycles. The van der Waals surface area contributed by atoms with E-state index in [0.29, 0.717) is 17.8 Å². The number of imidazole rings is 1. The maximum Gasteiger partial charge on any atom is 0.426 e. The van der Waals surface area contributed by atoms with Crippen molar-refractivity contribution in [3.05, 3.63) is 52.2 Å². The van der Waals surface area contributed by atoms with E-state index >= 15 is 0 Å². The minimum absolute atomic E-state index is 0.0220. The standard InChI is InChI=1S/C17H21N3O5/c1-4-13-14(15(21)24-5-2)20(18-16(22)25-6-3)17(23)19(13)12-10-8-7-9-11-12/h7-11H,4-6H2,1-3H3,(H,18,22). The summed E-state index contributed by atoms with van der Waals surface area (Å²) in [5, 5.41) is 0. The first-order chi connectivity index (χ1) is 12.0. The molecule has 8 nitrogen and oxygen atoms in total. The Labute approximate surface area is 144 Å². The summed E-state index contributed by atoms with van der Waals surface area (Å²) in [6.45, 7) is 5.40. The largest absolute Gasteiger partial charge is 0.461 e. The molecule has 0 spiro atoms. The number of nitrogens with zero attached hydrogens (tertiary/aromatic N) is 2. The molecule has 2 rings (SSSR count). The van der Waals surface area contributed by atoms with Crippen LogP contribution in [0, 0.1) is 0 Å². The van der Waals surface area contributed by atoms with E-state index in [1.165, 1.54) is 4.57 Å². The van der Waals surface area contributed by atoms with Gasteiger partial charge in [0.15, 0.2) is 5.69 Å². The van der Waals surface area contributed by atoms with Crippen molar-refractivity contribution in [3.8, 4) is 5.69 Å². The van der Waals surface area contributed by atoms with Crippen LogP contribution in [-0.4, -0.2) is 34.5 Å². The summed E-state index contributed by atoms with van der Waals surface area (Å²) in [6, 6.07) is 8.86. The summed E-state index contributed by atoms with van der Waals surface area (Å²) < 4.78 is 12.1. The molecule has 2 aromatic rings. The predicted molar refractivity (Wildman–Crippen MR) is 91.7 cm³/mol. The van der Waals surface area contributed by atoms with Gasteiger partial charge >= 0.3 is 17.8 Å². The third-order valence-electron chi connectivity index (χ3n) is 3.45. The SMILES string of the molecule is CCOC(=O)Nn1c(C(=O)OCC)c(CC)n(-c2ccccc2)c1=O. The molecule has 0 unspecified atom stereocenters. The minimum Gasteiger partial charge on any atom is -0.461 e. The molecule has 1 heterocycles. The van der Waals surface area contributed by atoms with Crippen LogP contribution in [0.4, 0.5) is 4.79 Å². The van der Waals surface area contributed by atoms with Crippen LogP contribution in [0.5, 0.6) is 0 Å². The van der Waals surface area contributed by atoms with E-state index in [2.05, 4.69) is 5.43 Å². The first-order valence-electron chi connectivity index (χ1n) is 8.08. The normalized spacial score (nSPS) is 10.4. The second-order valence-corrected chi connectivity index (χ2v) is 4.99. The summed E-state index contributed by atoms with van der Waals surface area (Å²) in [5.41, 5.74) is 2.72. The second-order valence-electron chi connectivity index (χ2n) is 4.99. The van der Waals surface area contributed by atoms with Gasteiger partial charge in [-0.1, -0.05) is 25.1 Å². The minimum atomic E-state index is -0.831. The van der Waals surface area contributed by atoms with Gasteiger partial charge in [0, 0.05) is 0 Å². The van der Waals surface area contributed by atoms with Crippen LogP contribution < -0.4 is 11.1 Å². The zero-order valence-corrected chi connectivity index (χ0v) is 14.4. The van der Waals surface area contributed by atoms with Gasteiger partial charge < -0.3 is 9.47 Å². The Morgan fingerprint density at radius 2 is 1.68 bits per heavy atom. The number of amides is 1. The lowest BCUT2D eigenvalue weighted by Crippen LogP contribution is -2.36. The molecule has 0 bridgehead atoms. The summed E-state index contributed by atoms with van der Waals surface area (Å²) in [4.78, 5) is 37.0. The highest BCUT2D eigenvalue weighted by molar-refractivity contribution is 5.90. The summed E-state index contributed by atoms with van der Waals surface area (Å²) in [5.74, 6) is -0.692. The Morgan fingerprint density at radius 1 is 1.04 bits per heavy atom. The van der Waals surface area contributed by atoms with E-state index in [1.54, 1.807) is 38.1 Å². The second kappa shape index (κ2) is 8.18. The van der Waals surface area contributed by atoms with Gasteiger partial charge in [0.2, 0.25) is 0 Å². The molecular formula is C17H21N3O5. The van der Waals surface area contributed by atoms with E-state index in [0.717, 1.165) is 4.68 Å². The zero-order valence-electron chi connectivity index (χ0n) is 14.4. The maximum absolute atomic E-state index is 12.9. The predicted octanol–water partition coefficient (Wildman–Crippen LogP) is 2.08. The monoisotopic (exact) mass is 347 g/mol. The molecule has 0 aliphatic carbocycles. The van der Waals surface area contributed by atoms with Crippen LogP contribution >= 0.6 is 0 Å². The van der Waals surface area contributed by atoms with Crippen molar-refractivity contribution in [2.45, 2.75) is 27.2 Å². The molecule has 8 heteroatoms. The fourth-order valence-corrected chi connectivity index (χ4v) is 2.48. The van der Waals surface area contributed by atoms with Crippen LogP contribution in [0.25, 0.3) is 5.69 Å². The van der Waals surface area contributed by atoms with E-state index < -0.39 is 17.8 Å². The van der Waals surface area contributed by atoms with E-state index in [4.69, 9.17) is 9.47 Å². The average Bonchev–Trinajstić information content (AvgIpc) is 2.88. The van der Waals surface area contributed by atoms with Gasteiger partial charge in [0.1, 0.15) is 0 Å². The van der Waals surface area contributed by atoms with Crippen molar-refractivity contribution in [3.63, 3.8) is 0 Å². The Morgan fingerprint density at radius 3 is 2.24 bits per heavy atom. The molecule has 1 amide bonds. The quantitative estimate of drug-likeness (QED) is 0.808. The lowest BCUT2D eigenvalue weighted by Gasteiger charge is -2.09. The Kier molecular flexibility index (Phi) is 5.99. The van der Waals surface area contributed by atoms with Crippen LogP contribution in [0.1, 0.15) is 37.0 Å². The zero-order chi connectivity index (χ0) is 18.4. The number of esters is 1. The number of para-hydroxylation sites is 1. The van der Waals surface area contributed by atoms with Crippen molar-refractivity contribution in [1.82, 2.24) is 9.24 Å². The molecule has 0 fully saturated rings.